The monoisotopic (exact) mass is 342 g/mol. The lowest BCUT2D eigenvalue weighted by molar-refractivity contribution is -0.119. The first-order chi connectivity index (χ1) is 11.5. The summed E-state index contributed by atoms with van der Waals surface area (Å²) < 4.78 is 0. The predicted molar refractivity (Wildman–Crippen MR) is 98.9 cm³/mol. The molecule has 126 valence electrons. The van der Waals surface area contributed by atoms with E-state index in [9.17, 15) is 9.59 Å². The van der Waals surface area contributed by atoms with Gasteiger partial charge in [0.25, 0.3) is 5.91 Å². The van der Waals surface area contributed by atoms with Crippen molar-refractivity contribution in [1.82, 2.24) is 10.9 Å². The lowest BCUT2D eigenvalue weighted by Crippen LogP contribution is -2.42. The molecule has 2 aromatic carbocycles. The Kier molecular flexibility index (Phi) is 6.44. The van der Waals surface area contributed by atoms with Gasteiger partial charge in [-0.15, -0.1) is 11.8 Å². The molecule has 0 unspecified atom stereocenters. The minimum absolute atomic E-state index is 0.217. The Hall–Kier alpha value is -2.27. The van der Waals surface area contributed by atoms with E-state index in [2.05, 4.69) is 35.1 Å². The van der Waals surface area contributed by atoms with Gasteiger partial charge in [-0.2, -0.15) is 0 Å². The van der Waals surface area contributed by atoms with Crippen molar-refractivity contribution >= 4 is 23.6 Å². The van der Waals surface area contributed by atoms with Gasteiger partial charge in [-0.25, -0.2) is 0 Å². The summed E-state index contributed by atoms with van der Waals surface area (Å²) in [6.07, 6.45) is 0. The number of aryl methyl sites for hydroxylation is 3. The summed E-state index contributed by atoms with van der Waals surface area (Å²) in [5, 5.41) is 0. The number of hydrogen-bond donors (Lipinski definition) is 2. The average molecular weight is 342 g/mol. The van der Waals surface area contributed by atoms with Gasteiger partial charge in [-0.05, 0) is 38.0 Å². The zero-order chi connectivity index (χ0) is 17.5. The van der Waals surface area contributed by atoms with Gasteiger partial charge in [-0.1, -0.05) is 47.5 Å². The Morgan fingerprint density at radius 2 is 1.58 bits per heavy atom. The first kappa shape index (κ1) is 18.1. The highest BCUT2D eigenvalue weighted by molar-refractivity contribution is 7.99. The Morgan fingerprint density at radius 3 is 2.25 bits per heavy atom. The maximum Gasteiger partial charge on any atom is 0.269 e. The Labute approximate surface area is 147 Å². The third kappa shape index (κ3) is 5.42. The molecule has 2 aromatic rings. The van der Waals surface area contributed by atoms with Crippen LogP contribution in [0.4, 0.5) is 0 Å². The van der Waals surface area contributed by atoms with Gasteiger partial charge in [-0.3, -0.25) is 20.4 Å². The molecular formula is C19H22N2O2S. The quantitative estimate of drug-likeness (QED) is 0.820. The molecule has 2 rings (SSSR count). The minimum atomic E-state index is -0.301. The van der Waals surface area contributed by atoms with Gasteiger partial charge < -0.3 is 0 Å². The van der Waals surface area contributed by atoms with Crippen LogP contribution in [0.15, 0.2) is 42.5 Å². The fraction of sp³-hybridized carbons (Fsp3) is 0.263. The number of nitrogens with one attached hydrogen (secondary N) is 2. The smallest absolute Gasteiger partial charge is 0.269 e. The highest BCUT2D eigenvalue weighted by atomic mass is 32.2. The van der Waals surface area contributed by atoms with Crippen LogP contribution in [0.1, 0.15) is 32.6 Å². The summed E-state index contributed by atoms with van der Waals surface area (Å²) in [6.45, 7) is 5.89. The van der Waals surface area contributed by atoms with Gasteiger partial charge >= 0.3 is 0 Å². The van der Waals surface area contributed by atoms with Crippen LogP contribution < -0.4 is 10.9 Å². The molecule has 0 atom stereocenters. The SMILES string of the molecule is Cc1ccc(CSCC(=O)NNC(=O)c2ccc(C)cc2C)cc1. The van der Waals surface area contributed by atoms with Crippen molar-refractivity contribution < 1.29 is 9.59 Å². The number of hydrogen-bond acceptors (Lipinski definition) is 3. The average Bonchev–Trinajstić information content (AvgIpc) is 2.54. The zero-order valence-corrected chi connectivity index (χ0v) is 15.0. The summed E-state index contributed by atoms with van der Waals surface area (Å²) in [5.41, 5.74) is 9.86. The zero-order valence-electron chi connectivity index (χ0n) is 14.2. The number of amides is 2. The second-order valence-corrected chi connectivity index (χ2v) is 6.78. The fourth-order valence-corrected chi connectivity index (χ4v) is 3.03. The molecule has 2 N–H and O–H groups in total. The van der Waals surface area contributed by atoms with E-state index >= 15 is 0 Å². The van der Waals surface area contributed by atoms with Crippen molar-refractivity contribution in [1.29, 1.82) is 0 Å². The molecule has 0 saturated carbocycles. The van der Waals surface area contributed by atoms with Crippen LogP contribution in [0.2, 0.25) is 0 Å². The summed E-state index contributed by atoms with van der Waals surface area (Å²) in [4.78, 5) is 23.9. The summed E-state index contributed by atoms with van der Waals surface area (Å²) >= 11 is 1.51. The Bertz CT molecular complexity index is 727. The molecule has 5 heteroatoms. The predicted octanol–water partition coefficient (Wildman–Crippen LogP) is 3.31. The van der Waals surface area contributed by atoms with E-state index in [0.717, 1.165) is 16.9 Å². The summed E-state index contributed by atoms with van der Waals surface area (Å²) in [7, 11) is 0. The van der Waals surface area contributed by atoms with Crippen molar-refractivity contribution in [2.75, 3.05) is 5.75 Å². The lowest BCUT2D eigenvalue weighted by Gasteiger charge is -2.09. The van der Waals surface area contributed by atoms with Crippen molar-refractivity contribution in [3.05, 3.63) is 70.3 Å². The van der Waals surface area contributed by atoms with Gasteiger partial charge in [0.15, 0.2) is 0 Å². The topological polar surface area (TPSA) is 58.2 Å². The lowest BCUT2D eigenvalue weighted by atomic mass is 10.1. The molecule has 0 saturated heterocycles. The molecule has 0 heterocycles. The van der Waals surface area contributed by atoms with E-state index in [0.29, 0.717) is 11.3 Å². The van der Waals surface area contributed by atoms with E-state index in [1.54, 1.807) is 6.07 Å². The number of carbonyl (C=O) groups excluding carboxylic acids is 2. The number of thioether (sulfide) groups is 1. The molecule has 0 spiro atoms. The van der Waals surface area contributed by atoms with E-state index < -0.39 is 0 Å². The van der Waals surface area contributed by atoms with Crippen LogP contribution in [-0.4, -0.2) is 17.6 Å². The van der Waals surface area contributed by atoms with Crippen LogP contribution in [0.5, 0.6) is 0 Å². The Morgan fingerprint density at radius 1 is 0.917 bits per heavy atom. The first-order valence-corrected chi connectivity index (χ1v) is 8.91. The molecule has 0 aliphatic heterocycles. The normalized spacial score (nSPS) is 10.3. The van der Waals surface area contributed by atoms with Crippen LogP contribution >= 0.6 is 11.8 Å². The Balaban J connectivity index is 1.74. The molecule has 0 radical (unpaired) electrons. The number of benzene rings is 2. The third-order valence-electron chi connectivity index (χ3n) is 3.56. The molecular weight excluding hydrogens is 320 g/mol. The van der Waals surface area contributed by atoms with Crippen molar-refractivity contribution in [3.8, 4) is 0 Å². The van der Waals surface area contributed by atoms with Crippen LogP contribution in [0.3, 0.4) is 0 Å². The van der Waals surface area contributed by atoms with E-state index in [1.165, 1.54) is 22.9 Å². The summed E-state index contributed by atoms with van der Waals surface area (Å²) in [5.74, 6) is 0.536. The second-order valence-electron chi connectivity index (χ2n) is 5.80. The maximum atomic E-state index is 12.1. The molecule has 0 aliphatic carbocycles. The number of carbonyl (C=O) groups is 2. The van der Waals surface area contributed by atoms with Crippen LogP contribution in [0, 0.1) is 20.8 Å². The third-order valence-corrected chi connectivity index (χ3v) is 4.57. The highest BCUT2D eigenvalue weighted by Gasteiger charge is 2.10. The van der Waals surface area contributed by atoms with E-state index in [4.69, 9.17) is 0 Å². The minimum Gasteiger partial charge on any atom is -0.272 e. The molecule has 0 aromatic heterocycles. The van der Waals surface area contributed by atoms with Crippen molar-refractivity contribution in [2.24, 2.45) is 0 Å². The van der Waals surface area contributed by atoms with Gasteiger partial charge in [0.1, 0.15) is 0 Å². The number of rotatable bonds is 5. The molecule has 24 heavy (non-hydrogen) atoms. The van der Waals surface area contributed by atoms with Crippen molar-refractivity contribution in [3.63, 3.8) is 0 Å². The van der Waals surface area contributed by atoms with E-state index in [-0.39, 0.29) is 11.8 Å². The van der Waals surface area contributed by atoms with Gasteiger partial charge in [0.05, 0.1) is 5.75 Å². The van der Waals surface area contributed by atoms with Crippen LogP contribution in [-0.2, 0) is 10.5 Å². The molecule has 0 aliphatic rings. The van der Waals surface area contributed by atoms with Crippen molar-refractivity contribution in [2.45, 2.75) is 26.5 Å². The molecule has 0 bridgehead atoms. The van der Waals surface area contributed by atoms with E-state index in [1.807, 2.05) is 32.9 Å². The largest absolute Gasteiger partial charge is 0.272 e. The molecule has 2 amide bonds. The standard InChI is InChI=1S/C19H22N2O2S/c1-13-4-7-16(8-5-13)11-24-12-18(22)20-21-19(23)17-9-6-14(2)10-15(17)3/h4-10H,11-12H2,1-3H3,(H,20,22)(H,21,23). The molecule has 0 fully saturated rings. The number of hydrazine groups is 1. The van der Waals surface area contributed by atoms with Gasteiger partial charge in [0.2, 0.25) is 5.91 Å². The fourth-order valence-electron chi connectivity index (χ4n) is 2.24. The first-order valence-electron chi connectivity index (χ1n) is 7.75. The van der Waals surface area contributed by atoms with Gasteiger partial charge in [0, 0.05) is 11.3 Å². The summed E-state index contributed by atoms with van der Waals surface area (Å²) in [6, 6.07) is 13.8. The maximum absolute atomic E-state index is 12.1. The highest BCUT2D eigenvalue weighted by Crippen LogP contribution is 2.13. The second kappa shape index (κ2) is 8.55. The van der Waals surface area contributed by atoms with Crippen LogP contribution in [0.25, 0.3) is 0 Å². The molecule has 4 nitrogen and oxygen atoms in total.